The van der Waals surface area contributed by atoms with Crippen LogP contribution in [0.3, 0.4) is 0 Å². The van der Waals surface area contributed by atoms with E-state index in [0.29, 0.717) is 25.7 Å². The second-order valence-corrected chi connectivity index (χ2v) is 6.89. The molecule has 1 rings (SSSR count). The van der Waals surface area contributed by atoms with Crippen molar-refractivity contribution < 1.29 is 15.3 Å². The maximum absolute atomic E-state index is 10.5. The molecule has 3 nitrogen and oxygen atoms in total. The SMILES string of the molecule is C=C[C@@](C)(O)CC[C@@H]1C(C)(C)[C@@H](O)CC[C@]1(C)O. The van der Waals surface area contributed by atoms with Gasteiger partial charge < -0.3 is 15.3 Å². The number of rotatable bonds is 4. The Balaban J connectivity index is 2.84. The van der Waals surface area contributed by atoms with E-state index in [-0.39, 0.29) is 11.3 Å². The third-order valence-corrected chi connectivity index (χ3v) is 4.81. The molecule has 0 heterocycles. The Labute approximate surface area is 111 Å². The largest absolute Gasteiger partial charge is 0.393 e. The highest BCUT2D eigenvalue weighted by molar-refractivity contribution is 5.02. The smallest absolute Gasteiger partial charge is 0.0797 e. The van der Waals surface area contributed by atoms with Crippen molar-refractivity contribution in [1.82, 2.24) is 0 Å². The van der Waals surface area contributed by atoms with Gasteiger partial charge in [-0.25, -0.2) is 0 Å². The fraction of sp³-hybridized carbons (Fsp3) is 0.867. The first kappa shape index (κ1) is 15.7. The molecule has 1 saturated carbocycles. The van der Waals surface area contributed by atoms with Crippen molar-refractivity contribution in [1.29, 1.82) is 0 Å². The zero-order chi connectivity index (χ0) is 14.2. The second-order valence-electron chi connectivity index (χ2n) is 6.89. The Bertz CT molecular complexity index is 305. The number of hydrogen-bond donors (Lipinski definition) is 3. The molecule has 4 atom stereocenters. The molecular weight excluding hydrogens is 228 g/mol. The minimum absolute atomic E-state index is 0.0276. The van der Waals surface area contributed by atoms with Crippen molar-refractivity contribution >= 4 is 0 Å². The van der Waals surface area contributed by atoms with Gasteiger partial charge in [0.25, 0.3) is 0 Å². The predicted molar refractivity (Wildman–Crippen MR) is 73.2 cm³/mol. The molecule has 106 valence electrons. The van der Waals surface area contributed by atoms with E-state index in [2.05, 4.69) is 6.58 Å². The Morgan fingerprint density at radius 3 is 2.44 bits per heavy atom. The quantitative estimate of drug-likeness (QED) is 0.676. The van der Waals surface area contributed by atoms with Crippen LogP contribution in [0.15, 0.2) is 12.7 Å². The van der Waals surface area contributed by atoms with Crippen LogP contribution in [-0.4, -0.2) is 32.6 Å². The monoisotopic (exact) mass is 256 g/mol. The third kappa shape index (κ3) is 3.14. The molecule has 1 fully saturated rings. The first-order chi connectivity index (χ1) is 8.03. The molecule has 3 heteroatoms. The summed E-state index contributed by atoms with van der Waals surface area (Å²) in [5.41, 5.74) is -2.02. The molecule has 0 spiro atoms. The summed E-state index contributed by atoms with van der Waals surface area (Å²) in [6, 6.07) is 0. The third-order valence-electron chi connectivity index (χ3n) is 4.81. The lowest BCUT2D eigenvalue weighted by Gasteiger charge is -2.51. The summed E-state index contributed by atoms with van der Waals surface area (Å²) >= 11 is 0. The van der Waals surface area contributed by atoms with Crippen LogP contribution in [0, 0.1) is 11.3 Å². The minimum Gasteiger partial charge on any atom is -0.393 e. The molecule has 0 aromatic carbocycles. The van der Waals surface area contributed by atoms with Crippen LogP contribution in [-0.2, 0) is 0 Å². The highest BCUT2D eigenvalue weighted by atomic mass is 16.3. The number of hydrogen-bond acceptors (Lipinski definition) is 3. The molecule has 0 unspecified atom stereocenters. The first-order valence-electron chi connectivity index (χ1n) is 6.79. The van der Waals surface area contributed by atoms with Crippen molar-refractivity contribution in [2.24, 2.45) is 11.3 Å². The van der Waals surface area contributed by atoms with Gasteiger partial charge in [-0.1, -0.05) is 19.9 Å². The van der Waals surface area contributed by atoms with E-state index in [0.717, 1.165) is 0 Å². The van der Waals surface area contributed by atoms with E-state index in [9.17, 15) is 15.3 Å². The van der Waals surface area contributed by atoms with Gasteiger partial charge in [-0.2, -0.15) is 0 Å². The average Bonchev–Trinajstić information content (AvgIpc) is 2.23. The van der Waals surface area contributed by atoms with E-state index < -0.39 is 17.3 Å². The fourth-order valence-electron chi connectivity index (χ4n) is 3.23. The highest BCUT2D eigenvalue weighted by Gasteiger charge is 2.50. The van der Waals surface area contributed by atoms with Crippen LogP contribution in [0.25, 0.3) is 0 Å². The minimum atomic E-state index is -0.908. The molecule has 0 aromatic rings. The molecule has 1 aliphatic rings. The maximum Gasteiger partial charge on any atom is 0.0797 e. The normalized spacial score (nSPS) is 39.1. The Morgan fingerprint density at radius 1 is 1.39 bits per heavy atom. The van der Waals surface area contributed by atoms with Crippen LogP contribution < -0.4 is 0 Å². The van der Waals surface area contributed by atoms with Crippen molar-refractivity contribution in [2.75, 3.05) is 0 Å². The van der Waals surface area contributed by atoms with E-state index in [1.54, 1.807) is 6.92 Å². The van der Waals surface area contributed by atoms with Gasteiger partial charge in [0.15, 0.2) is 0 Å². The fourth-order valence-corrected chi connectivity index (χ4v) is 3.23. The molecule has 1 aliphatic carbocycles. The molecule has 3 N–H and O–H groups in total. The number of aliphatic hydroxyl groups excluding tert-OH is 1. The van der Waals surface area contributed by atoms with Crippen LogP contribution in [0.5, 0.6) is 0 Å². The summed E-state index contributed by atoms with van der Waals surface area (Å²) in [6.07, 6.45) is 3.61. The lowest BCUT2D eigenvalue weighted by atomic mass is 9.58. The summed E-state index contributed by atoms with van der Waals surface area (Å²) < 4.78 is 0. The summed E-state index contributed by atoms with van der Waals surface area (Å²) in [5.74, 6) is -0.0276. The molecule has 0 radical (unpaired) electrons. The van der Waals surface area contributed by atoms with Crippen LogP contribution in [0.1, 0.15) is 53.4 Å². The molecule has 18 heavy (non-hydrogen) atoms. The van der Waals surface area contributed by atoms with Gasteiger partial charge in [0.1, 0.15) is 0 Å². The average molecular weight is 256 g/mol. The van der Waals surface area contributed by atoms with Gasteiger partial charge >= 0.3 is 0 Å². The molecule has 0 aliphatic heterocycles. The van der Waals surface area contributed by atoms with Crippen molar-refractivity contribution in [3.63, 3.8) is 0 Å². The van der Waals surface area contributed by atoms with Crippen molar-refractivity contribution in [3.8, 4) is 0 Å². The zero-order valence-corrected chi connectivity index (χ0v) is 12.1. The van der Waals surface area contributed by atoms with E-state index in [1.807, 2.05) is 20.8 Å². The van der Waals surface area contributed by atoms with E-state index in [1.165, 1.54) is 6.08 Å². The summed E-state index contributed by atoms with van der Waals surface area (Å²) in [5, 5.41) is 30.7. The van der Waals surface area contributed by atoms with Crippen molar-refractivity contribution in [2.45, 2.75) is 70.7 Å². The van der Waals surface area contributed by atoms with Crippen molar-refractivity contribution in [3.05, 3.63) is 12.7 Å². The maximum atomic E-state index is 10.5. The second kappa shape index (κ2) is 4.95. The predicted octanol–water partition coefficient (Wildman–Crippen LogP) is 2.25. The summed E-state index contributed by atoms with van der Waals surface area (Å²) in [6.45, 7) is 11.2. The number of aliphatic hydroxyl groups is 3. The Morgan fingerprint density at radius 2 is 1.94 bits per heavy atom. The summed E-state index contributed by atoms with van der Waals surface area (Å²) in [4.78, 5) is 0. The van der Waals surface area contributed by atoms with Crippen LogP contribution in [0.4, 0.5) is 0 Å². The van der Waals surface area contributed by atoms with Crippen LogP contribution >= 0.6 is 0 Å². The van der Waals surface area contributed by atoms with Gasteiger partial charge in [0.2, 0.25) is 0 Å². The van der Waals surface area contributed by atoms with E-state index in [4.69, 9.17) is 0 Å². The van der Waals surface area contributed by atoms with Gasteiger partial charge in [-0.05, 0) is 50.9 Å². The van der Waals surface area contributed by atoms with Gasteiger partial charge in [0.05, 0.1) is 17.3 Å². The van der Waals surface area contributed by atoms with E-state index >= 15 is 0 Å². The summed E-state index contributed by atoms with van der Waals surface area (Å²) in [7, 11) is 0. The zero-order valence-electron chi connectivity index (χ0n) is 12.1. The topological polar surface area (TPSA) is 60.7 Å². The molecular formula is C15H28O3. The van der Waals surface area contributed by atoms with Crippen LogP contribution in [0.2, 0.25) is 0 Å². The standard InChI is InChI=1S/C15H28O3/c1-6-14(4,17)9-7-11-13(2,3)12(16)8-10-15(11,5)18/h6,11-12,16-18H,1,7-10H2,2-5H3/t11-,12+,14-,15+/m1/s1. The first-order valence-corrected chi connectivity index (χ1v) is 6.79. The lowest BCUT2D eigenvalue weighted by molar-refractivity contribution is -0.148. The lowest BCUT2D eigenvalue weighted by Crippen LogP contribution is -2.53. The molecule has 0 amide bonds. The van der Waals surface area contributed by atoms with Gasteiger partial charge in [0, 0.05) is 0 Å². The van der Waals surface area contributed by atoms with Gasteiger partial charge in [-0.15, -0.1) is 6.58 Å². The molecule has 0 saturated heterocycles. The molecule has 0 bridgehead atoms. The highest BCUT2D eigenvalue weighted by Crippen LogP contribution is 2.48. The van der Waals surface area contributed by atoms with Gasteiger partial charge in [-0.3, -0.25) is 0 Å². The Hall–Kier alpha value is -0.380. The molecule has 0 aromatic heterocycles. The Kier molecular flexibility index (Phi) is 4.31.